The summed E-state index contributed by atoms with van der Waals surface area (Å²) in [5, 5.41) is 4.43. The van der Waals surface area contributed by atoms with E-state index in [1.54, 1.807) is 31.8 Å². The van der Waals surface area contributed by atoms with Crippen molar-refractivity contribution < 1.29 is 9.53 Å². The highest BCUT2D eigenvalue weighted by atomic mass is 32.1. The van der Waals surface area contributed by atoms with Crippen LogP contribution in [0.1, 0.15) is 17.4 Å². The Hall–Kier alpha value is -2.67. The Morgan fingerprint density at radius 3 is 2.88 bits per heavy atom. The van der Waals surface area contributed by atoms with Crippen LogP contribution in [0.3, 0.4) is 0 Å². The molecule has 0 fully saturated rings. The molecule has 0 saturated carbocycles. The van der Waals surface area contributed by atoms with E-state index in [2.05, 4.69) is 28.3 Å². The van der Waals surface area contributed by atoms with Crippen molar-refractivity contribution in [2.75, 3.05) is 26.0 Å². The van der Waals surface area contributed by atoms with Crippen molar-refractivity contribution in [3.63, 3.8) is 0 Å². The zero-order valence-corrected chi connectivity index (χ0v) is 16.0. The fourth-order valence-corrected chi connectivity index (χ4v) is 3.36. The number of aromatic nitrogens is 2. The monoisotopic (exact) mass is 370 g/mol. The van der Waals surface area contributed by atoms with E-state index >= 15 is 0 Å². The average molecular weight is 370 g/mol. The van der Waals surface area contributed by atoms with Gasteiger partial charge < -0.3 is 15.0 Å². The maximum Gasteiger partial charge on any atom is 0.259 e. The van der Waals surface area contributed by atoms with Crippen molar-refractivity contribution in [2.45, 2.75) is 19.9 Å². The van der Waals surface area contributed by atoms with Gasteiger partial charge in [-0.3, -0.25) is 4.79 Å². The number of thiophene rings is 1. The predicted molar refractivity (Wildman–Crippen MR) is 105 cm³/mol. The summed E-state index contributed by atoms with van der Waals surface area (Å²) in [7, 11) is 3.42. The van der Waals surface area contributed by atoms with Crippen LogP contribution in [0.4, 0.5) is 5.82 Å². The van der Waals surface area contributed by atoms with Gasteiger partial charge in [0.2, 0.25) is 0 Å². The summed E-state index contributed by atoms with van der Waals surface area (Å²) in [5.74, 6) is 1.44. The smallest absolute Gasteiger partial charge is 0.259 e. The van der Waals surface area contributed by atoms with Gasteiger partial charge in [0.05, 0.1) is 5.39 Å². The summed E-state index contributed by atoms with van der Waals surface area (Å²) in [6.45, 7) is 2.78. The summed E-state index contributed by atoms with van der Waals surface area (Å²) in [6.07, 6.45) is 2.58. The maximum atomic E-state index is 11.6. The zero-order valence-electron chi connectivity index (χ0n) is 15.2. The standard InChI is InChI=1S/C19H22N4O2S/c1-4-15-9-16-18(21-12-22-19(16)26-15)20-10-13-6-5-7-14(8-13)25-11-17(24)23(2)3/h5-9,12H,4,10-11H2,1-3H3,(H,20,21,22). The summed E-state index contributed by atoms with van der Waals surface area (Å²) in [6, 6.07) is 9.86. The first kappa shape index (κ1) is 18.1. The highest BCUT2D eigenvalue weighted by Gasteiger charge is 2.09. The van der Waals surface area contributed by atoms with Gasteiger partial charge in [0, 0.05) is 25.5 Å². The number of carbonyl (C=O) groups is 1. The fraction of sp³-hybridized carbons (Fsp3) is 0.316. The molecule has 136 valence electrons. The third kappa shape index (κ3) is 4.29. The third-order valence-corrected chi connectivity index (χ3v) is 5.14. The van der Waals surface area contributed by atoms with Crippen LogP contribution in [-0.2, 0) is 17.8 Å². The molecule has 0 atom stereocenters. The highest BCUT2D eigenvalue weighted by Crippen LogP contribution is 2.28. The molecule has 1 amide bonds. The molecule has 0 bridgehead atoms. The van der Waals surface area contributed by atoms with Gasteiger partial charge in [0.15, 0.2) is 6.61 Å². The van der Waals surface area contributed by atoms with Crippen molar-refractivity contribution in [2.24, 2.45) is 0 Å². The van der Waals surface area contributed by atoms with Crippen molar-refractivity contribution in [3.05, 3.63) is 47.1 Å². The van der Waals surface area contributed by atoms with E-state index in [4.69, 9.17) is 4.74 Å². The Morgan fingerprint density at radius 1 is 1.27 bits per heavy atom. The number of hydrogen-bond donors (Lipinski definition) is 1. The van der Waals surface area contributed by atoms with E-state index in [-0.39, 0.29) is 12.5 Å². The Balaban J connectivity index is 1.67. The second kappa shape index (κ2) is 8.14. The number of benzene rings is 1. The lowest BCUT2D eigenvalue weighted by Crippen LogP contribution is -2.27. The lowest BCUT2D eigenvalue weighted by molar-refractivity contribution is -0.130. The molecule has 1 N–H and O–H groups in total. The van der Waals surface area contributed by atoms with E-state index in [0.29, 0.717) is 12.3 Å². The maximum absolute atomic E-state index is 11.6. The van der Waals surface area contributed by atoms with Crippen molar-refractivity contribution in [1.82, 2.24) is 14.9 Å². The first-order valence-corrected chi connectivity index (χ1v) is 9.27. The van der Waals surface area contributed by atoms with Gasteiger partial charge in [-0.2, -0.15) is 0 Å². The SMILES string of the molecule is CCc1cc2c(NCc3cccc(OCC(=O)N(C)C)c3)ncnc2s1. The number of anilines is 1. The fourth-order valence-electron chi connectivity index (χ4n) is 2.43. The number of nitrogens with zero attached hydrogens (tertiary/aromatic N) is 3. The molecule has 0 unspecified atom stereocenters. The van der Waals surface area contributed by atoms with Crippen LogP contribution in [0, 0.1) is 0 Å². The molecule has 0 aliphatic heterocycles. The number of likely N-dealkylation sites (N-methyl/N-ethyl adjacent to an activating group) is 1. The molecule has 0 aliphatic rings. The van der Waals surface area contributed by atoms with Crippen LogP contribution in [0.25, 0.3) is 10.2 Å². The number of carbonyl (C=O) groups excluding carboxylic acids is 1. The topological polar surface area (TPSA) is 67.3 Å². The first-order chi connectivity index (χ1) is 12.6. The summed E-state index contributed by atoms with van der Waals surface area (Å²) in [4.78, 5) is 24.2. The van der Waals surface area contributed by atoms with E-state index in [0.717, 1.165) is 28.0 Å². The molecule has 3 aromatic rings. The number of aryl methyl sites for hydroxylation is 1. The van der Waals surface area contributed by atoms with Crippen LogP contribution >= 0.6 is 11.3 Å². The average Bonchev–Trinajstić information content (AvgIpc) is 3.08. The first-order valence-electron chi connectivity index (χ1n) is 8.46. The highest BCUT2D eigenvalue weighted by molar-refractivity contribution is 7.18. The Morgan fingerprint density at radius 2 is 2.12 bits per heavy atom. The molecule has 0 saturated heterocycles. The predicted octanol–water partition coefficient (Wildman–Crippen LogP) is 3.33. The lowest BCUT2D eigenvalue weighted by atomic mass is 10.2. The molecule has 26 heavy (non-hydrogen) atoms. The number of amides is 1. The number of ether oxygens (including phenoxy) is 1. The van der Waals surface area contributed by atoms with Crippen LogP contribution < -0.4 is 10.1 Å². The van der Waals surface area contributed by atoms with E-state index in [1.807, 2.05) is 24.3 Å². The zero-order chi connectivity index (χ0) is 18.5. The Bertz CT molecular complexity index is 907. The molecule has 0 radical (unpaired) electrons. The number of hydrogen-bond acceptors (Lipinski definition) is 6. The van der Waals surface area contributed by atoms with Crippen molar-refractivity contribution in [3.8, 4) is 5.75 Å². The molecular formula is C19H22N4O2S. The molecule has 6 nitrogen and oxygen atoms in total. The van der Waals surface area contributed by atoms with E-state index < -0.39 is 0 Å². The van der Waals surface area contributed by atoms with Crippen LogP contribution in [0.2, 0.25) is 0 Å². The second-order valence-electron chi connectivity index (χ2n) is 6.09. The van der Waals surface area contributed by atoms with Crippen molar-refractivity contribution >= 4 is 33.3 Å². The molecule has 3 rings (SSSR count). The minimum Gasteiger partial charge on any atom is -0.484 e. The molecule has 7 heteroatoms. The van der Waals surface area contributed by atoms with Gasteiger partial charge in [-0.25, -0.2) is 9.97 Å². The van der Waals surface area contributed by atoms with E-state index in [1.165, 1.54) is 9.78 Å². The summed E-state index contributed by atoms with van der Waals surface area (Å²) < 4.78 is 5.57. The summed E-state index contributed by atoms with van der Waals surface area (Å²) in [5.41, 5.74) is 1.05. The minimum atomic E-state index is -0.0684. The largest absolute Gasteiger partial charge is 0.484 e. The quantitative estimate of drug-likeness (QED) is 0.691. The molecular weight excluding hydrogens is 348 g/mol. The van der Waals surface area contributed by atoms with Crippen LogP contribution in [-0.4, -0.2) is 41.5 Å². The molecule has 2 aromatic heterocycles. The van der Waals surface area contributed by atoms with Gasteiger partial charge in [-0.1, -0.05) is 19.1 Å². The van der Waals surface area contributed by atoms with E-state index in [9.17, 15) is 4.79 Å². The van der Waals surface area contributed by atoms with Crippen LogP contribution in [0.15, 0.2) is 36.7 Å². The normalized spacial score (nSPS) is 10.7. The van der Waals surface area contributed by atoms with Gasteiger partial charge in [0.25, 0.3) is 5.91 Å². The number of rotatable bonds is 7. The Labute approximate surface area is 156 Å². The summed E-state index contributed by atoms with van der Waals surface area (Å²) >= 11 is 1.70. The van der Waals surface area contributed by atoms with Gasteiger partial charge >= 0.3 is 0 Å². The second-order valence-corrected chi connectivity index (χ2v) is 7.20. The minimum absolute atomic E-state index is 0.0328. The van der Waals surface area contributed by atoms with Gasteiger partial charge in [0.1, 0.15) is 22.7 Å². The molecule has 1 aromatic carbocycles. The van der Waals surface area contributed by atoms with Gasteiger partial charge in [-0.05, 0) is 30.2 Å². The number of fused-ring (bicyclic) bond motifs is 1. The third-order valence-electron chi connectivity index (χ3n) is 3.95. The van der Waals surface area contributed by atoms with Gasteiger partial charge in [-0.15, -0.1) is 11.3 Å². The molecule has 0 aliphatic carbocycles. The number of nitrogens with one attached hydrogen (secondary N) is 1. The Kier molecular flexibility index (Phi) is 5.68. The molecule has 0 spiro atoms. The lowest BCUT2D eigenvalue weighted by Gasteiger charge is -2.12. The van der Waals surface area contributed by atoms with Crippen molar-refractivity contribution in [1.29, 1.82) is 0 Å². The molecule has 2 heterocycles. The van der Waals surface area contributed by atoms with Crippen LogP contribution in [0.5, 0.6) is 5.75 Å².